The third-order valence-corrected chi connectivity index (χ3v) is 8.74. The molecule has 0 unspecified atom stereocenters. The van der Waals surface area contributed by atoms with Crippen LogP contribution in [0.25, 0.3) is 33.4 Å². The van der Waals surface area contributed by atoms with Gasteiger partial charge < -0.3 is 9.80 Å². The Kier molecular flexibility index (Phi) is 7.49. The monoisotopic (exact) mass is 644 g/mol. The van der Waals surface area contributed by atoms with Crippen LogP contribution in [-0.2, 0) is 0 Å². The van der Waals surface area contributed by atoms with Crippen molar-refractivity contribution in [2.45, 2.75) is 0 Å². The first-order valence-corrected chi connectivity index (χ1v) is 16.7. The minimum atomic E-state index is -0.108. The van der Waals surface area contributed by atoms with Crippen molar-refractivity contribution in [1.82, 2.24) is 0 Å². The topological polar surface area (TPSA) is 6.48 Å². The van der Waals surface area contributed by atoms with Crippen molar-refractivity contribution in [2.24, 2.45) is 0 Å². The molecule has 238 valence electrons. The Morgan fingerprint density at radius 3 is 0.860 bits per heavy atom. The van der Waals surface area contributed by atoms with Crippen LogP contribution in [0.2, 0.25) is 0 Å². The third-order valence-electron chi connectivity index (χ3n) is 8.74. The number of hydrogen-bond donors (Lipinski definition) is 0. The Bertz CT molecular complexity index is 2420. The highest BCUT2D eigenvalue weighted by Crippen LogP contribution is 2.38. The maximum Gasteiger partial charge on any atom is 0.0645 e. The van der Waals surface area contributed by atoms with E-state index < -0.39 is 0 Å². The van der Waals surface area contributed by atoms with E-state index in [0.717, 1.165) is 50.7 Å². The van der Waals surface area contributed by atoms with Crippen LogP contribution >= 0.6 is 0 Å². The molecule has 0 aromatic heterocycles. The van der Waals surface area contributed by atoms with E-state index >= 15 is 0 Å². The summed E-state index contributed by atoms with van der Waals surface area (Å²) in [6, 6.07) is 63.9. The van der Waals surface area contributed by atoms with Gasteiger partial charge >= 0.3 is 0 Å². The van der Waals surface area contributed by atoms with Gasteiger partial charge in [-0.3, -0.25) is 0 Å². The molecule has 0 amide bonds. The molecule has 0 aliphatic heterocycles. The van der Waals surface area contributed by atoms with Gasteiger partial charge in [0.15, 0.2) is 0 Å². The number of rotatable bonds is 9. The maximum atomic E-state index is 9.25. The predicted molar refractivity (Wildman–Crippen MR) is 212 cm³/mol. The second kappa shape index (κ2) is 14.2. The second-order valence-corrected chi connectivity index (χ2v) is 11.9. The van der Waals surface area contributed by atoms with Gasteiger partial charge in [-0.2, -0.15) is 0 Å². The van der Waals surface area contributed by atoms with Crippen molar-refractivity contribution in [3.63, 3.8) is 0 Å². The van der Waals surface area contributed by atoms with Gasteiger partial charge in [0.2, 0.25) is 0 Å². The minimum absolute atomic E-state index is 0.0909. The average Bonchev–Trinajstić information content (AvgIpc) is 3.24. The molecule has 0 fully saturated rings. The Morgan fingerprint density at radius 2 is 0.480 bits per heavy atom. The Labute approximate surface area is 300 Å². The van der Waals surface area contributed by atoms with Gasteiger partial charge in [-0.05, 0) is 106 Å². The second-order valence-electron chi connectivity index (χ2n) is 11.9. The highest BCUT2D eigenvalue weighted by molar-refractivity contribution is 5.81. The third kappa shape index (κ3) is 6.56. The zero-order valence-electron chi connectivity index (χ0n) is 31.4. The van der Waals surface area contributed by atoms with Crippen molar-refractivity contribution >= 4 is 34.1 Å². The van der Waals surface area contributed by atoms with Gasteiger partial charge in [-0.1, -0.05) is 146 Å². The lowest BCUT2D eigenvalue weighted by Crippen LogP contribution is -2.09. The van der Waals surface area contributed by atoms with Crippen LogP contribution in [0.15, 0.2) is 218 Å². The predicted octanol–water partition coefficient (Wildman–Crippen LogP) is 13.6. The zero-order valence-corrected chi connectivity index (χ0v) is 27.4. The van der Waals surface area contributed by atoms with Crippen molar-refractivity contribution < 1.29 is 5.48 Å². The first-order chi connectivity index (χ1) is 26.5. The van der Waals surface area contributed by atoms with Crippen LogP contribution in [0.5, 0.6) is 0 Å². The molecule has 8 aromatic carbocycles. The summed E-state index contributed by atoms with van der Waals surface area (Å²) in [6.07, 6.45) is 0. The van der Waals surface area contributed by atoms with Crippen LogP contribution in [0.3, 0.4) is 0 Å². The van der Waals surface area contributed by atoms with Crippen molar-refractivity contribution in [3.8, 4) is 33.4 Å². The van der Waals surface area contributed by atoms with Gasteiger partial charge in [0.1, 0.15) is 0 Å². The van der Waals surface area contributed by atoms with Gasteiger partial charge in [0.05, 0.1) is 5.48 Å². The fourth-order valence-electron chi connectivity index (χ4n) is 6.21. The van der Waals surface area contributed by atoms with Gasteiger partial charge in [-0.25, -0.2) is 0 Å². The minimum Gasteiger partial charge on any atom is -0.311 e. The zero-order chi connectivity index (χ0) is 37.0. The molecule has 0 atom stereocenters. The molecule has 0 spiro atoms. The lowest BCUT2D eigenvalue weighted by molar-refractivity contribution is 1.28. The van der Waals surface area contributed by atoms with E-state index in [1.54, 1.807) is 0 Å². The Balaban J connectivity index is 1.12. The summed E-state index contributed by atoms with van der Waals surface area (Å²) in [5, 5.41) is 0. The van der Waals surface area contributed by atoms with Crippen LogP contribution < -0.4 is 9.80 Å². The molecule has 0 aliphatic rings. The van der Waals surface area contributed by atoms with E-state index in [0.29, 0.717) is 5.56 Å². The summed E-state index contributed by atoms with van der Waals surface area (Å²) >= 11 is 0. The van der Waals surface area contributed by atoms with Gasteiger partial charge in [-0.15, -0.1) is 0 Å². The van der Waals surface area contributed by atoms with E-state index in [2.05, 4.69) is 65.6 Å². The summed E-state index contributed by atoms with van der Waals surface area (Å²) in [5.41, 5.74) is 9.88. The summed E-state index contributed by atoms with van der Waals surface area (Å²) in [4.78, 5) is 4.03. The molecule has 0 N–H and O–H groups in total. The lowest BCUT2D eigenvalue weighted by Gasteiger charge is -2.26. The van der Waals surface area contributed by atoms with E-state index in [9.17, 15) is 5.48 Å². The number of benzene rings is 8. The van der Waals surface area contributed by atoms with E-state index in [1.807, 2.05) is 138 Å². The maximum absolute atomic E-state index is 9.25. The number of nitrogens with zero attached hydrogens (tertiary/aromatic N) is 2. The fourth-order valence-corrected chi connectivity index (χ4v) is 6.21. The molecule has 0 aliphatic carbocycles. The summed E-state index contributed by atoms with van der Waals surface area (Å²) < 4.78 is 36.9. The highest BCUT2D eigenvalue weighted by Gasteiger charge is 2.14. The van der Waals surface area contributed by atoms with Crippen LogP contribution in [0.4, 0.5) is 34.1 Å². The number of anilines is 6. The molecule has 2 nitrogen and oxygen atoms in total. The largest absolute Gasteiger partial charge is 0.311 e. The first-order valence-electron chi connectivity index (χ1n) is 18.7. The molecule has 0 heterocycles. The number of para-hydroxylation sites is 3. The van der Waals surface area contributed by atoms with Crippen molar-refractivity contribution in [2.75, 3.05) is 9.80 Å². The molecular formula is C48H36N2. The lowest BCUT2D eigenvalue weighted by atomic mass is 9.99. The molecule has 0 radical (unpaired) electrons. The molecule has 0 saturated heterocycles. The molecule has 2 heteroatoms. The van der Waals surface area contributed by atoms with Crippen molar-refractivity contribution in [3.05, 3.63) is 218 Å². The Hall–Kier alpha value is -6.64. The fraction of sp³-hybridized carbons (Fsp3) is 0. The SMILES string of the molecule is [2H]c1c([2H])c(N(c2ccccc2)c2ccc(-c3ccccc3)cc2)c([2H])c([2H])c1-c1ccc(-c2ccc(N(c3ccccc3)c3ccccc3)cc2)cc1. The van der Waals surface area contributed by atoms with Crippen LogP contribution in [0, 0.1) is 0 Å². The Morgan fingerprint density at radius 1 is 0.220 bits per heavy atom. The van der Waals surface area contributed by atoms with E-state index in [-0.39, 0.29) is 35.4 Å². The molecular weight excluding hydrogens is 605 g/mol. The highest BCUT2D eigenvalue weighted by atomic mass is 15.1. The van der Waals surface area contributed by atoms with Gasteiger partial charge in [0.25, 0.3) is 0 Å². The summed E-state index contributed by atoms with van der Waals surface area (Å²) in [6.45, 7) is 0. The summed E-state index contributed by atoms with van der Waals surface area (Å²) in [7, 11) is 0. The van der Waals surface area contributed by atoms with Gasteiger partial charge in [0, 0.05) is 34.1 Å². The van der Waals surface area contributed by atoms with Crippen molar-refractivity contribution in [1.29, 1.82) is 0 Å². The normalized spacial score (nSPS) is 11.9. The average molecular weight is 645 g/mol. The number of hydrogen-bond acceptors (Lipinski definition) is 2. The molecule has 0 saturated carbocycles. The van der Waals surface area contributed by atoms with Crippen LogP contribution in [-0.4, -0.2) is 0 Å². The molecule has 8 rings (SSSR count). The standard InChI is InChI=1S/C48H36N2/c1-5-13-37(14-6-1)40-25-31-47(32-26-40)50(45-19-11-4-12-20-45)48-35-29-42(30-36-48)39-23-21-38(22-24-39)41-27-33-46(34-28-41)49(43-15-7-2-8-16-43)44-17-9-3-10-18-44/h1-36H/i29D,30D,35D,36D. The molecule has 0 bridgehead atoms. The molecule has 8 aromatic rings. The quantitative estimate of drug-likeness (QED) is 0.154. The van der Waals surface area contributed by atoms with E-state index in [1.165, 1.54) is 0 Å². The molecule has 50 heavy (non-hydrogen) atoms. The van der Waals surface area contributed by atoms with E-state index in [4.69, 9.17) is 0 Å². The summed E-state index contributed by atoms with van der Waals surface area (Å²) in [5.74, 6) is 0. The first kappa shape index (κ1) is 26.3. The smallest absolute Gasteiger partial charge is 0.0645 e. The van der Waals surface area contributed by atoms with Crippen LogP contribution in [0.1, 0.15) is 5.48 Å².